The van der Waals surface area contributed by atoms with Crippen molar-refractivity contribution in [1.29, 1.82) is 0 Å². The molecule has 1 aromatic carbocycles. The highest BCUT2D eigenvalue weighted by molar-refractivity contribution is 5.92. The van der Waals surface area contributed by atoms with Gasteiger partial charge in [0.1, 0.15) is 11.3 Å². The van der Waals surface area contributed by atoms with E-state index in [4.69, 9.17) is 5.11 Å². The van der Waals surface area contributed by atoms with Crippen LogP contribution >= 0.6 is 0 Å². The molecule has 0 saturated heterocycles. The summed E-state index contributed by atoms with van der Waals surface area (Å²) in [4.78, 5) is 10.7. The van der Waals surface area contributed by atoms with Crippen LogP contribution in [0.15, 0.2) is 12.1 Å². The SMILES string of the molecule is CCCn1nnc2cc(C(=O)O)c(F)cc21. The van der Waals surface area contributed by atoms with Crippen molar-refractivity contribution >= 4 is 17.0 Å². The zero-order valence-electron chi connectivity index (χ0n) is 8.64. The monoisotopic (exact) mass is 223 g/mol. The van der Waals surface area contributed by atoms with Crippen LogP contribution < -0.4 is 0 Å². The van der Waals surface area contributed by atoms with Crippen LogP contribution in [0.5, 0.6) is 0 Å². The summed E-state index contributed by atoms with van der Waals surface area (Å²) in [5, 5.41) is 16.4. The van der Waals surface area contributed by atoms with Gasteiger partial charge in [-0.25, -0.2) is 13.9 Å². The highest BCUT2D eigenvalue weighted by Crippen LogP contribution is 2.17. The first-order valence-corrected chi connectivity index (χ1v) is 4.89. The number of benzene rings is 1. The summed E-state index contributed by atoms with van der Waals surface area (Å²) in [6.45, 7) is 2.60. The smallest absolute Gasteiger partial charge is 0.338 e. The van der Waals surface area contributed by atoms with Crippen molar-refractivity contribution in [2.75, 3.05) is 0 Å². The molecule has 0 unspecified atom stereocenters. The molecule has 0 fully saturated rings. The second-order valence-corrected chi connectivity index (χ2v) is 3.44. The lowest BCUT2D eigenvalue weighted by Crippen LogP contribution is -2.02. The molecule has 1 N–H and O–H groups in total. The van der Waals surface area contributed by atoms with Crippen LogP contribution in [0.1, 0.15) is 23.7 Å². The van der Waals surface area contributed by atoms with Gasteiger partial charge in [-0.1, -0.05) is 12.1 Å². The quantitative estimate of drug-likeness (QED) is 0.859. The minimum absolute atomic E-state index is 0.379. The molecule has 2 rings (SSSR count). The molecule has 1 aromatic heterocycles. The van der Waals surface area contributed by atoms with Crippen LogP contribution in [0.25, 0.3) is 11.0 Å². The Morgan fingerprint density at radius 1 is 1.56 bits per heavy atom. The summed E-state index contributed by atoms with van der Waals surface area (Å²) in [6.07, 6.45) is 0.848. The van der Waals surface area contributed by atoms with E-state index >= 15 is 0 Å². The van der Waals surface area contributed by atoms with Gasteiger partial charge in [-0.05, 0) is 12.5 Å². The van der Waals surface area contributed by atoms with Crippen molar-refractivity contribution < 1.29 is 14.3 Å². The van der Waals surface area contributed by atoms with Crippen LogP contribution in [-0.4, -0.2) is 26.1 Å². The van der Waals surface area contributed by atoms with E-state index in [-0.39, 0.29) is 5.56 Å². The third-order valence-corrected chi connectivity index (χ3v) is 2.27. The number of carboxylic acids is 1. The normalized spacial score (nSPS) is 10.9. The summed E-state index contributed by atoms with van der Waals surface area (Å²) in [7, 11) is 0. The molecule has 6 heteroatoms. The van der Waals surface area contributed by atoms with Gasteiger partial charge in [-0.3, -0.25) is 0 Å². The first-order chi connectivity index (χ1) is 7.63. The van der Waals surface area contributed by atoms with Crippen molar-refractivity contribution in [1.82, 2.24) is 15.0 Å². The molecule has 2 aromatic rings. The van der Waals surface area contributed by atoms with E-state index in [1.54, 1.807) is 4.68 Å². The number of hydrogen-bond donors (Lipinski definition) is 1. The molecule has 0 amide bonds. The van der Waals surface area contributed by atoms with Gasteiger partial charge in [0, 0.05) is 12.6 Å². The molecule has 0 saturated carbocycles. The molecule has 84 valence electrons. The van der Waals surface area contributed by atoms with E-state index in [2.05, 4.69) is 10.3 Å². The van der Waals surface area contributed by atoms with E-state index in [9.17, 15) is 9.18 Å². The fourth-order valence-corrected chi connectivity index (χ4v) is 1.53. The van der Waals surface area contributed by atoms with Crippen molar-refractivity contribution in [3.8, 4) is 0 Å². The summed E-state index contributed by atoms with van der Waals surface area (Å²) in [5.41, 5.74) is 0.535. The highest BCUT2D eigenvalue weighted by atomic mass is 19.1. The first-order valence-electron chi connectivity index (χ1n) is 4.89. The van der Waals surface area contributed by atoms with Crippen LogP contribution in [0.2, 0.25) is 0 Å². The van der Waals surface area contributed by atoms with E-state index in [1.807, 2.05) is 6.92 Å². The number of aromatic nitrogens is 3. The molecular formula is C10H10FN3O2. The number of rotatable bonds is 3. The van der Waals surface area contributed by atoms with E-state index in [0.717, 1.165) is 12.5 Å². The molecule has 0 aliphatic carbocycles. The number of hydrogen-bond acceptors (Lipinski definition) is 3. The van der Waals surface area contributed by atoms with Gasteiger partial charge in [-0.2, -0.15) is 0 Å². The van der Waals surface area contributed by atoms with Crippen LogP contribution in [0.3, 0.4) is 0 Å². The summed E-state index contributed by atoms with van der Waals surface area (Å²) >= 11 is 0. The molecule has 0 spiro atoms. The molecule has 16 heavy (non-hydrogen) atoms. The largest absolute Gasteiger partial charge is 0.478 e. The lowest BCUT2D eigenvalue weighted by molar-refractivity contribution is 0.0692. The fourth-order valence-electron chi connectivity index (χ4n) is 1.53. The van der Waals surface area contributed by atoms with E-state index < -0.39 is 11.8 Å². The maximum Gasteiger partial charge on any atom is 0.338 e. The first kappa shape index (κ1) is 10.5. The zero-order chi connectivity index (χ0) is 11.7. The van der Waals surface area contributed by atoms with Gasteiger partial charge in [0.05, 0.1) is 11.1 Å². The third-order valence-electron chi connectivity index (χ3n) is 2.27. The van der Waals surface area contributed by atoms with Crippen molar-refractivity contribution in [3.63, 3.8) is 0 Å². The molecule has 0 bridgehead atoms. The Hall–Kier alpha value is -1.98. The Morgan fingerprint density at radius 2 is 2.31 bits per heavy atom. The lowest BCUT2D eigenvalue weighted by Gasteiger charge is -2.00. The molecule has 0 aliphatic rings. The molecule has 5 nitrogen and oxygen atoms in total. The van der Waals surface area contributed by atoms with Crippen LogP contribution in [0.4, 0.5) is 4.39 Å². The topological polar surface area (TPSA) is 68.0 Å². The average molecular weight is 223 g/mol. The Labute approximate surface area is 90.5 Å². The van der Waals surface area contributed by atoms with Crippen molar-refractivity contribution in [3.05, 3.63) is 23.5 Å². The van der Waals surface area contributed by atoms with Crippen molar-refractivity contribution in [2.24, 2.45) is 0 Å². The molecular weight excluding hydrogens is 213 g/mol. The summed E-state index contributed by atoms with van der Waals surface area (Å²) in [6, 6.07) is 2.36. The van der Waals surface area contributed by atoms with Gasteiger partial charge in [0.15, 0.2) is 0 Å². The summed E-state index contributed by atoms with van der Waals surface area (Å²) < 4.78 is 15.0. The predicted octanol–water partition coefficient (Wildman–Crippen LogP) is 1.68. The lowest BCUT2D eigenvalue weighted by atomic mass is 10.2. The maximum atomic E-state index is 13.4. The Kier molecular flexibility index (Phi) is 2.55. The van der Waals surface area contributed by atoms with Gasteiger partial charge in [0.2, 0.25) is 0 Å². The number of carbonyl (C=O) groups is 1. The Balaban J connectivity index is 2.61. The third kappa shape index (κ3) is 1.62. The van der Waals surface area contributed by atoms with E-state index in [1.165, 1.54) is 6.07 Å². The van der Waals surface area contributed by atoms with Crippen molar-refractivity contribution in [2.45, 2.75) is 19.9 Å². The fraction of sp³-hybridized carbons (Fsp3) is 0.300. The minimum Gasteiger partial charge on any atom is -0.478 e. The number of aryl methyl sites for hydroxylation is 1. The second kappa shape index (κ2) is 3.88. The maximum absolute atomic E-state index is 13.4. The van der Waals surface area contributed by atoms with Gasteiger partial charge < -0.3 is 5.11 Å². The van der Waals surface area contributed by atoms with Gasteiger partial charge in [0.25, 0.3) is 0 Å². The Bertz CT molecular complexity index is 550. The predicted molar refractivity (Wildman–Crippen MR) is 54.7 cm³/mol. The van der Waals surface area contributed by atoms with Gasteiger partial charge >= 0.3 is 5.97 Å². The summed E-state index contributed by atoms with van der Waals surface area (Å²) in [5.74, 6) is -2.07. The molecule has 0 radical (unpaired) electrons. The standard InChI is InChI=1S/C10H10FN3O2/c1-2-3-14-9-5-7(11)6(10(15)16)4-8(9)12-13-14/h4-5H,2-3H2,1H3,(H,15,16). The highest BCUT2D eigenvalue weighted by Gasteiger charge is 2.14. The number of aromatic carboxylic acids is 1. The number of halogens is 1. The van der Waals surface area contributed by atoms with Crippen LogP contribution in [0, 0.1) is 5.82 Å². The second-order valence-electron chi connectivity index (χ2n) is 3.44. The number of carboxylic acid groups (broad SMARTS) is 1. The zero-order valence-corrected chi connectivity index (χ0v) is 8.64. The molecule has 0 atom stereocenters. The van der Waals surface area contributed by atoms with E-state index in [0.29, 0.717) is 17.6 Å². The minimum atomic E-state index is -1.30. The number of nitrogens with zero attached hydrogens (tertiary/aromatic N) is 3. The molecule has 1 heterocycles. The molecule has 0 aliphatic heterocycles. The average Bonchev–Trinajstić information content (AvgIpc) is 2.60. The Morgan fingerprint density at radius 3 is 2.94 bits per heavy atom. The number of fused-ring (bicyclic) bond motifs is 1. The van der Waals surface area contributed by atoms with Gasteiger partial charge in [-0.15, -0.1) is 5.10 Å². The van der Waals surface area contributed by atoms with Crippen LogP contribution in [-0.2, 0) is 6.54 Å².